The summed E-state index contributed by atoms with van der Waals surface area (Å²) in [4.78, 5) is 16.0. The van der Waals surface area contributed by atoms with Gasteiger partial charge in [-0.2, -0.15) is 26.3 Å². The van der Waals surface area contributed by atoms with Crippen LogP contribution in [0, 0.1) is 0 Å². The van der Waals surface area contributed by atoms with Crippen LogP contribution in [0.2, 0.25) is 0 Å². The Labute approximate surface area is 239 Å². The molecule has 2 fully saturated rings. The molecule has 0 saturated carbocycles. The number of morpholine rings is 1. The van der Waals surface area contributed by atoms with Crippen molar-refractivity contribution in [2.24, 2.45) is 0 Å². The molecular formula is C29H33F6N3O2S. The first-order valence-corrected chi connectivity index (χ1v) is 14.3. The molecule has 0 unspecified atom stereocenters. The predicted octanol–water partition coefficient (Wildman–Crippen LogP) is 7.03. The topological polar surface area (TPSA) is 44.8 Å². The molecule has 0 aromatic heterocycles. The summed E-state index contributed by atoms with van der Waals surface area (Å²) in [5.41, 5.74) is -3.61. The van der Waals surface area contributed by atoms with Crippen molar-refractivity contribution in [1.29, 1.82) is 0 Å². The molecule has 2 heterocycles. The Morgan fingerprint density at radius 3 is 2.24 bits per heavy atom. The Morgan fingerprint density at radius 2 is 1.63 bits per heavy atom. The second kappa shape index (κ2) is 13.1. The SMILES string of the molecule is CC(C)N1CCC(Nc2cccc(Sc3ccc(/C=C/C(=O)N4CCOCC4)c(C(F)(F)F)c3C(F)(F)F)c2)CC1. The van der Waals surface area contributed by atoms with Gasteiger partial charge in [-0.05, 0) is 62.6 Å². The van der Waals surface area contributed by atoms with Crippen molar-refractivity contribution in [3.05, 3.63) is 59.2 Å². The lowest BCUT2D eigenvalue weighted by atomic mass is 9.99. The van der Waals surface area contributed by atoms with Gasteiger partial charge in [0, 0.05) is 59.8 Å². The molecule has 2 aliphatic rings. The molecule has 4 rings (SSSR count). The average molecular weight is 602 g/mol. The number of amides is 1. The molecule has 224 valence electrons. The summed E-state index contributed by atoms with van der Waals surface area (Å²) >= 11 is 0.626. The number of anilines is 1. The summed E-state index contributed by atoms with van der Waals surface area (Å²) in [6, 6.07) is 9.34. The normalized spacial score (nSPS) is 17.9. The number of alkyl halides is 6. The minimum Gasteiger partial charge on any atom is -0.382 e. The number of carbonyl (C=O) groups excluding carboxylic acids is 1. The lowest BCUT2D eigenvalue weighted by Gasteiger charge is -2.35. The minimum absolute atomic E-state index is 0.194. The average Bonchev–Trinajstić information content (AvgIpc) is 2.91. The monoisotopic (exact) mass is 601 g/mol. The zero-order valence-electron chi connectivity index (χ0n) is 22.8. The number of rotatable bonds is 7. The fourth-order valence-electron chi connectivity index (χ4n) is 5.03. The molecule has 0 atom stereocenters. The summed E-state index contributed by atoms with van der Waals surface area (Å²) in [6.45, 7) is 7.21. The van der Waals surface area contributed by atoms with E-state index in [9.17, 15) is 31.1 Å². The van der Waals surface area contributed by atoms with Crippen molar-refractivity contribution < 1.29 is 35.9 Å². The summed E-state index contributed by atoms with van der Waals surface area (Å²) in [5.74, 6) is -0.590. The molecular weight excluding hydrogens is 568 g/mol. The highest BCUT2D eigenvalue weighted by Crippen LogP contribution is 2.48. The third-order valence-electron chi connectivity index (χ3n) is 7.19. The fourth-order valence-corrected chi connectivity index (χ4v) is 6.08. The first-order chi connectivity index (χ1) is 19.3. The maximum atomic E-state index is 14.2. The summed E-state index contributed by atoms with van der Waals surface area (Å²) in [5, 5.41) is 3.42. The van der Waals surface area contributed by atoms with Gasteiger partial charge in [-0.3, -0.25) is 4.79 Å². The second-order valence-corrected chi connectivity index (χ2v) is 11.5. The van der Waals surface area contributed by atoms with Crippen LogP contribution in [0.1, 0.15) is 43.4 Å². The number of hydrogen-bond acceptors (Lipinski definition) is 5. The number of hydrogen-bond donors (Lipinski definition) is 1. The highest BCUT2D eigenvalue weighted by Gasteiger charge is 2.46. The molecule has 41 heavy (non-hydrogen) atoms. The quantitative estimate of drug-likeness (QED) is 0.273. The number of piperidine rings is 1. The van der Waals surface area contributed by atoms with E-state index >= 15 is 0 Å². The van der Waals surface area contributed by atoms with Gasteiger partial charge in [0.15, 0.2) is 0 Å². The molecule has 12 heteroatoms. The number of halogens is 6. The van der Waals surface area contributed by atoms with Crippen LogP contribution in [0.5, 0.6) is 0 Å². The van der Waals surface area contributed by atoms with Crippen molar-refractivity contribution in [3.63, 3.8) is 0 Å². The zero-order valence-corrected chi connectivity index (χ0v) is 23.6. The summed E-state index contributed by atoms with van der Waals surface area (Å²) in [7, 11) is 0. The van der Waals surface area contributed by atoms with Gasteiger partial charge in [-0.25, -0.2) is 0 Å². The van der Waals surface area contributed by atoms with Crippen LogP contribution in [-0.2, 0) is 21.9 Å². The van der Waals surface area contributed by atoms with E-state index in [-0.39, 0.29) is 32.3 Å². The number of likely N-dealkylation sites (tertiary alicyclic amines) is 1. The van der Waals surface area contributed by atoms with Gasteiger partial charge < -0.3 is 19.9 Å². The zero-order chi connectivity index (χ0) is 29.8. The number of ether oxygens (including phenoxy) is 1. The van der Waals surface area contributed by atoms with E-state index < -0.39 is 39.8 Å². The van der Waals surface area contributed by atoms with Crippen LogP contribution in [0.3, 0.4) is 0 Å². The highest BCUT2D eigenvalue weighted by molar-refractivity contribution is 7.99. The number of benzene rings is 2. The Hall–Kier alpha value is -2.70. The molecule has 5 nitrogen and oxygen atoms in total. The Bertz CT molecular complexity index is 1230. The van der Waals surface area contributed by atoms with Crippen molar-refractivity contribution in [2.45, 2.75) is 60.9 Å². The Kier molecular flexibility index (Phi) is 9.97. The van der Waals surface area contributed by atoms with Crippen LogP contribution >= 0.6 is 11.8 Å². The lowest BCUT2D eigenvalue weighted by Crippen LogP contribution is -2.42. The van der Waals surface area contributed by atoms with Crippen LogP contribution in [0.4, 0.5) is 32.0 Å². The first kappa shape index (κ1) is 31.2. The summed E-state index contributed by atoms with van der Waals surface area (Å²) < 4.78 is 90.4. The van der Waals surface area contributed by atoms with Gasteiger partial charge in [0.1, 0.15) is 0 Å². The van der Waals surface area contributed by atoms with Crippen LogP contribution < -0.4 is 5.32 Å². The number of carbonyl (C=O) groups is 1. The second-order valence-electron chi connectivity index (χ2n) is 10.3. The Morgan fingerprint density at radius 1 is 0.976 bits per heavy atom. The molecule has 0 radical (unpaired) electrons. The van der Waals surface area contributed by atoms with E-state index in [0.29, 0.717) is 28.4 Å². The van der Waals surface area contributed by atoms with Crippen molar-refractivity contribution in [2.75, 3.05) is 44.7 Å². The molecule has 0 aliphatic carbocycles. The molecule has 2 aromatic rings. The molecule has 1 N–H and O–H groups in total. The first-order valence-electron chi connectivity index (χ1n) is 13.5. The van der Waals surface area contributed by atoms with Crippen LogP contribution in [0.15, 0.2) is 52.3 Å². The van der Waals surface area contributed by atoms with Gasteiger partial charge in [0.05, 0.1) is 24.3 Å². The van der Waals surface area contributed by atoms with E-state index in [1.165, 1.54) is 4.90 Å². The van der Waals surface area contributed by atoms with Crippen molar-refractivity contribution >= 4 is 29.4 Å². The van der Waals surface area contributed by atoms with Crippen LogP contribution in [-0.4, -0.2) is 67.2 Å². The molecule has 2 saturated heterocycles. The van der Waals surface area contributed by atoms with Gasteiger partial charge >= 0.3 is 12.4 Å². The Balaban J connectivity index is 1.60. The lowest BCUT2D eigenvalue weighted by molar-refractivity contribution is -0.163. The van der Waals surface area contributed by atoms with Gasteiger partial charge in [0.2, 0.25) is 5.91 Å². The van der Waals surface area contributed by atoms with E-state index in [0.717, 1.165) is 50.2 Å². The third kappa shape index (κ3) is 8.20. The molecule has 0 spiro atoms. The highest BCUT2D eigenvalue weighted by atomic mass is 32.2. The fraction of sp³-hybridized carbons (Fsp3) is 0.483. The van der Waals surface area contributed by atoms with Gasteiger partial charge in [-0.1, -0.05) is 23.9 Å². The number of nitrogens with one attached hydrogen (secondary N) is 1. The van der Waals surface area contributed by atoms with E-state index in [2.05, 4.69) is 24.1 Å². The standard InChI is InChI=1S/C29H33F6N3O2S/c1-19(2)37-12-10-21(11-13-37)36-22-4-3-5-23(18-22)41-24-8-6-20(7-9-25(39)38-14-16-40-17-15-38)26(28(30,31)32)27(24)29(33,34)35/h3-9,18-19,21,36H,10-17H2,1-2H3/b9-7+. The van der Waals surface area contributed by atoms with Gasteiger partial charge in [-0.15, -0.1) is 0 Å². The largest absolute Gasteiger partial charge is 0.418 e. The van der Waals surface area contributed by atoms with Crippen molar-refractivity contribution in [3.8, 4) is 0 Å². The van der Waals surface area contributed by atoms with Crippen molar-refractivity contribution in [1.82, 2.24) is 9.80 Å². The maximum absolute atomic E-state index is 14.2. The molecule has 1 amide bonds. The maximum Gasteiger partial charge on any atom is 0.418 e. The van der Waals surface area contributed by atoms with E-state index in [4.69, 9.17) is 4.74 Å². The van der Waals surface area contributed by atoms with E-state index in [1.54, 1.807) is 24.3 Å². The smallest absolute Gasteiger partial charge is 0.382 e. The minimum atomic E-state index is -5.31. The third-order valence-corrected chi connectivity index (χ3v) is 8.24. The molecule has 0 bridgehead atoms. The summed E-state index contributed by atoms with van der Waals surface area (Å²) in [6.07, 6.45) is -7.09. The molecule has 2 aliphatic heterocycles. The van der Waals surface area contributed by atoms with E-state index in [1.807, 2.05) is 0 Å². The van der Waals surface area contributed by atoms with Crippen LogP contribution in [0.25, 0.3) is 6.08 Å². The predicted molar refractivity (Wildman–Crippen MR) is 147 cm³/mol. The van der Waals surface area contributed by atoms with Gasteiger partial charge in [0.25, 0.3) is 0 Å². The molecule has 2 aromatic carbocycles. The number of nitrogens with zero attached hydrogens (tertiary/aromatic N) is 2.